The number of fused-ring (bicyclic) bond motifs is 7. The lowest BCUT2D eigenvalue weighted by molar-refractivity contribution is 0.714. The van der Waals surface area contributed by atoms with E-state index in [-0.39, 0.29) is 5.41 Å². The zero-order chi connectivity index (χ0) is 41.2. The molecule has 10 aromatic carbocycles. The number of aromatic nitrogens is 2. The summed E-state index contributed by atoms with van der Waals surface area (Å²) in [5.41, 5.74) is 15.8. The second-order valence-electron chi connectivity index (χ2n) is 16.6. The second-order valence-corrected chi connectivity index (χ2v) is 16.6. The van der Waals surface area contributed by atoms with E-state index in [0.29, 0.717) is 5.82 Å². The molecule has 0 aliphatic heterocycles. The van der Waals surface area contributed by atoms with Crippen LogP contribution in [0.4, 0.5) is 0 Å². The molecule has 0 amide bonds. The van der Waals surface area contributed by atoms with Gasteiger partial charge in [-0.25, -0.2) is 9.97 Å². The highest BCUT2D eigenvalue weighted by atomic mass is 14.9. The third-order valence-corrected chi connectivity index (χ3v) is 13.1. The molecular weight excluding hydrogens is 749 g/mol. The Labute approximate surface area is 361 Å². The highest BCUT2D eigenvalue weighted by molar-refractivity contribution is 6.20. The van der Waals surface area contributed by atoms with Gasteiger partial charge in [0.1, 0.15) is 0 Å². The Morgan fingerprint density at radius 1 is 0.323 bits per heavy atom. The molecule has 1 aliphatic carbocycles. The van der Waals surface area contributed by atoms with Crippen molar-refractivity contribution in [1.82, 2.24) is 9.97 Å². The quantitative estimate of drug-likeness (QED) is 0.124. The summed E-state index contributed by atoms with van der Waals surface area (Å²) in [7, 11) is 0. The van der Waals surface area contributed by atoms with Gasteiger partial charge in [-0.2, -0.15) is 0 Å². The van der Waals surface area contributed by atoms with Crippen molar-refractivity contribution in [3.8, 4) is 67.3 Å². The van der Waals surface area contributed by atoms with Gasteiger partial charge in [0.25, 0.3) is 0 Å². The minimum Gasteiger partial charge on any atom is -0.228 e. The summed E-state index contributed by atoms with van der Waals surface area (Å²) >= 11 is 0. The van der Waals surface area contributed by atoms with Crippen LogP contribution in [0.15, 0.2) is 224 Å². The molecular formula is C60H40N2. The lowest BCUT2D eigenvalue weighted by Gasteiger charge is -2.28. The highest BCUT2D eigenvalue weighted by Gasteiger charge is 2.40. The van der Waals surface area contributed by atoms with Gasteiger partial charge in [-0.15, -0.1) is 0 Å². The Bertz CT molecular complexity index is 3530. The molecule has 0 saturated heterocycles. The van der Waals surface area contributed by atoms with Gasteiger partial charge in [-0.3, -0.25) is 0 Å². The van der Waals surface area contributed by atoms with Crippen LogP contribution in [0.1, 0.15) is 23.6 Å². The largest absolute Gasteiger partial charge is 0.228 e. The molecule has 1 unspecified atom stereocenters. The van der Waals surface area contributed by atoms with E-state index >= 15 is 0 Å². The van der Waals surface area contributed by atoms with E-state index in [9.17, 15) is 0 Å². The van der Waals surface area contributed by atoms with Gasteiger partial charge < -0.3 is 0 Å². The van der Waals surface area contributed by atoms with Crippen LogP contribution in [-0.4, -0.2) is 9.97 Å². The Hall–Kier alpha value is -7.94. The van der Waals surface area contributed by atoms with Crippen LogP contribution in [-0.2, 0) is 5.41 Å². The first-order valence-electron chi connectivity index (χ1n) is 21.4. The van der Waals surface area contributed by atoms with E-state index in [1.54, 1.807) is 0 Å². The van der Waals surface area contributed by atoms with Crippen molar-refractivity contribution in [2.45, 2.75) is 12.3 Å². The second kappa shape index (κ2) is 14.4. The van der Waals surface area contributed by atoms with E-state index in [0.717, 1.165) is 39.2 Å². The van der Waals surface area contributed by atoms with Crippen LogP contribution < -0.4 is 0 Å². The number of benzene rings is 10. The SMILES string of the molecule is CC1(c2ccccc2)c2ccccc2-c2cc(-c3cc(-c4cccc(-c5cccc(-c6c7ccccc7cc7c6ccc6ccccc67)c5)c4)nc(-c4ccccc4)n3)ccc21. The van der Waals surface area contributed by atoms with Crippen LogP contribution in [0.5, 0.6) is 0 Å². The molecule has 0 spiro atoms. The number of hydrogen-bond donors (Lipinski definition) is 0. The Morgan fingerprint density at radius 2 is 0.903 bits per heavy atom. The molecule has 0 radical (unpaired) electrons. The van der Waals surface area contributed by atoms with Crippen molar-refractivity contribution in [2.24, 2.45) is 0 Å². The third-order valence-electron chi connectivity index (χ3n) is 13.1. The smallest absolute Gasteiger partial charge is 0.160 e. The molecule has 0 N–H and O–H groups in total. The van der Waals surface area contributed by atoms with E-state index in [2.05, 4.69) is 225 Å². The maximum absolute atomic E-state index is 5.26. The van der Waals surface area contributed by atoms with E-state index < -0.39 is 0 Å². The predicted octanol–water partition coefficient (Wildman–Crippen LogP) is 15.6. The van der Waals surface area contributed by atoms with Gasteiger partial charge in [0.05, 0.1) is 11.4 Å². The highest BCUT2D eigenvalue weighted by Crippen LogP contribution is 2.53. The van der Waals surface area contributed by atoms with E-state index in [1.165, 1.54) is 71.3 Å². The van der Waals surface area contributed by atoms with Crippen molar-refractivity contribution < 1.29 is 0 Å². The van der Waals surface area contributed by atoms with E-state index in [1.807, 2.05) is 6.07 Å². The van der Waals surface area contributed by atoms with Crippen molar-refractivity contribution >= 4 is 32.3 Å². The minimum atomic E-state index is -0.259. The topological polar surface area (TPSA) is 25.8 Å². The maximum atomic E-state index is 5.26. The molecule has 290 valence electrons. The summed E-state index contributed by atoms with van der Waals surface area (Å²) in [6, 6.07) is 81.3. The van der Waals surface area contributed by atoms with Gasteiger partial charge in [-0.1, -0.05) is 194 Å². The number of nitrogens with zero attached hydrogens (tertiary/aromatic N) is 2. The van der Waals surface area contributed by atoms with Gasteiger partial charge in [0.2, 0.25) is 0 Å². The summed E-state index contributed by atoms with van der Waals surface area (Å²) < 4.78 is 0. The molecule has 2 nitrogen and oxygen atoms in total. The predicted molar refractivity (Wildman–Crippen MR) is 259 cm³/mol. The zero-order valence-electron chi connectivity index (χ0n) is 34.3. The normalized spacial score (nSPS) is 14.3. The van der Waals surface area contributed by atoms with Crippen LogP contribution >= 0.6 is 0 Å². The first-order chi connectivity index (χ1) is 30.6. The summed E-state index contributed by atoms with van der Waals surface area (Å²) in [5.74, 6) is 0.705. The average molecular weight is 789 g/mol. The van der Waals surface area contributed by atoms with E-state index in [4.69, 9.17) is 9.97 Å². The molecule has 1 aromatic heterocycles. The summed E-state index contributed by atoms with van der Waals surface area (Å²) in [5, 5.41) is 7.55. The van der Waals surface area contributed by atoms with Crippen LogP contribution in [0, 0.1) is 0 Å². The lowest BCUT2D eigenvalue weighted by atomic mass is 9.74. The summed E-state index contributed by atoms with van der Waals surface area (Å²) in [6.45, 7) is 2.36. The van der Waals surface area contributed by atoms with Crippen LogP contribution in [0.25, 0.3) is 99.6 Å². The molecule has 0 bridgehead atoms. The molecule has 1 atom stereocenters. The summed E-state index contributed by atoms with van der Waals surface area (Å²) in [4.78, 5) is 10.5. The fourth-order valence-corrected chi connectivity index (χ4v) is 10.0. The van der Waals surface area contributed by atoms with Gasteiger partial charge in [-0.05, 0) is 120 Å². The third kappa shape index (κ3) is 5.79. The van der Waals surface area contributed by atoms with Crippen molar-refractivity contribution in [3.63, 3.8) is 0 Å². The lowest BCUT2D eigenvalue weighted by Crippen LogP contribution is -2.22. The van der Waals surface area contributed by atoms with Crippen molar-refractivity contribution in [2.75, 3.05) is 0 Å². The summed E-state index contributed by atoms with van der Waals surface area (Å²) in [6.07, 6.45) is 0. The molecule has 0 saturated carbocycles. The van der Waals surface area contributed by atoms with Gasteiger partial charge in [0.15, 0.2) is 5.82 Å². The van der Waals surface area contributed by atoms with Crippen LogP contribution in [0.3, 0.4) is 0 Å². The van der Waals surface area contributed by atoms with Crippen molar-refractivity contribution in [3.05, 3.63) is 241 Å². The minimum absolute atomic E-state index is 0.259. The maximum Gasteiger partial charge on any atom is 0.160 e. The molecule has 62 heavy (non-hydrogen) atoms. The Morgan fingerprint density at radius 3 is 1.69 bits per heavy atom. The fraction of sp³-hybridized carbons (Fsp3) is 0.0333. The zero-order valence-corrected chi connectivity index (χ0v) is 34.3. The molecule has 1 aliphatic rings. The molecule has 11 aromatic rings. The fourth-order valence-electron chi connectivity index (χ4n) is 10.0. The number of rotatable bonds is 6. The average Bonchev–Trinajstić information content (AvgIpc) is 3.61. The van der Waals surface area contributed by atoms with Crippen molar-refractivity contribution in [1.29, 1.82) is 0 Å². The first kappa shape index (κ1) is 36.0. The first-order valence-corrected chi connectivity index (χ1v) is 21.4. The Balaban J connectivity index is 0.985. The molecule has 12 rings (SSSR count). The number of hydrogen-bond acceptors (Lipinski definition) is 2. The molecule has 2 heteroatoms. The standard InChI is InChI=1S/C60H40N2/c1-60(47-24-6-3-7-25-47)54-29-13-12-28-50(54)53-37-45(31-33-55(53)60)57-38-56(61-59(62-57)40-17-4-2-5-18-40)44-22-14-20-41(34-44)42-21-15-23-46(35-42)58-49-27-11-9-19-43(49)36-52-48-26-10-8-16-39(48)30-32-51(52)58/h2-38H,1H3. The monoisotopic (exact) mass is 788 g/mol. The van der Waals surface area contributed by atoms with Crippen LogP contribution in [0.2, 0.25) is 0 Å². The Kier molecular flexibility index (Phi) is 8.33. The van der Waals surface area contributed by atoms with Gasteiger partial charge >= 0.3 is 0 Å². The molecule has 1 heterocycles. The molecule has 0 fully saturated rings. The van der Waals surface area contributed by atoms with Gasteiger partial charge in [0, 0.05) is 22.1 Å².